The van der Waals surface area contributed by atoms with Crippen molar-refractivity contribution in [2.24, 2.45) is 5.41 Å². The number of anilines is 3. The molecule has 0 saturated carbocycles. The van der Waals surface area contributed by atoms with Gasteiger partial charge in [0.15, 0.2) is 11.7 Å². The second-order valence-corrected chi connectivity index (χ2v) is 9.65. The predicted molar refractivity (Wildman–Crippen MR) is 134 cm³/mol. The van der Waals surface area contributed by atoms with Crippen LogP contribution in [0.5, 0.6) is 5.75 Å². The van der Waals surface area contributed by atoms with Gasteiger partial charge >= 0.3 is 0 Å². The summed E-state index contributed by atoms with van der Waals surface area (Å²) < 4.78 is 11.5. The third-order valence-corrected chi connectivity index (χ3v) is 5.92. The Morgan fingerprint density at radius 1 is 1.09 bits per heavy atom. The summed E-state index contributed by atoms with van der Waals surface area (Å²) in [7, 11) is 0. The number of hydrogen-bond donors (Lipinski definition) is 1. The molecule has 1 fully saturated rings. The monoisotopic (exact) mass is 458 g/mol. The van der Waals surface area contributed by atoms with E-state index in [4.69, 9.17) is 19.1 Å². The molecule has 0 aliphatic carbocycles. The molecular formula is C26H30N6O2. The van der Waals surface area contributed by atoms with Crippen LogP contribution in [0, 0.1) is 26.2 Å². The van der Waals surface area contributed by atoms with Crippen LogP contribution >= 0.6 is 0 Å². The number of pyridine rings is 1. The molecule has 0 unspecified atom stereocenters. The molecule has 4 aromatic rings. The van der Waals surface area contributed by atoms with Crippen LogP contribution in [0.25, 0.3) is 22.2 Å². The highest BCUT2D eigenvalue weighted by Crippen LogP contribution is 2.37. The zero-order chi connectivity index (χ0) is 24.0. The van der Waals surface area contributed by atoms with E-state index in [0.717, 1.165) is 58.2 Å². The maximum Gasteiger partial charge on any atom is 0.227 e. The molecule has 5 rings (SSSR count). The van der Waals surface area contributed by atoms with Gasteiger partial charge in [0.2, 0.25) is 5.95 Å². The summed E-state index contributed by atoms with van der Waals surface area (Å²) in [5, 5.41) is 4.33. The van der Waals surface area contributed by atoms with E-state index in [0.29, 0.717) is 29.6 Å². The summed E-state index contributed by atoms with van der Waals surface area (Å²) in [6, 6.07) is 7.95. The fraction of sp³-hybridized carbons (Fsp3) is 0.385. The van der Waals surface area contributed by atoms with Crippen molar-refractivity contribution in [2.75, 3.05) is 29.9 Å². The molecule has 1 aliphatic heterocycles. The zero-order valence-corrected chi connectivity index (χ0v) is 20.6. The Morgan fingerprint density at radius 3 is 2.56 bits per heavy atom. The average Bonchev–Trinajstić information content (AvgIpc) is 3.11. The Hall–Kier alpha value is -3.68. The Balaban J connectivity index is 1.50. The van der Waals surface area contributed by atoms with Gasteiger partial charge in [0.05, 0.1) is 12.3 Å². The molecular weight excluding hydrogens is 428 g/mol. The second-order valence-electron chi connectivity index (χ2n) is 9.65. The van der Waals surface area contributed by atoms with Gasteiger partial charge in [-0.05, 0) is 44.4 Å². The van der Waals surface area contributed by atoms with Crippen molar-refractivity contribution in [1.29, 1.82) is 0 Å². The van der Waals surface area contributed by atoms with Gasteiger partial charge in [-0.25, -0.2) is 19.9 Å². The van der Waals surface area contributed by atoms with E-state index in [1.165, 1.54) is 0 Å². The molecule has 4 heterocycles. The third kappa shape index (κ3) is 4.16. The number of aromatic nitrogens is 4. The van der Waals surface area contributed by atoms with Gasteiger partial charge in [-0.2, -0.15) is 0 Å². The van der Waals surface area contributed by atoms with Crippen molar-refractivity contribution < 1.29 is 9.15 Å². The molecule has 3 aromatic heterocycles. The third-order valence-electron chi connectivity index (χ3n) is 5.92. The molecule has 8 heteroatoms. The Bertz CT molecular complexity index is 1370. The van der Waals surface area contributed by atoms with Crippen molar-refractivity contribution in [1.82, 2.24) is 19.9 Å². The van der Waals surface area contributed by atoms with Crippen molar-refractivity contribution >= 4 is 28.4 Å². The highest BCUT2D eigenvalue weighted by Gasteiger charge is 2.36. The summed E-state index contributed by atoms with van der Waals surface area (Å²) in [6.45, 7) is 14.7. The first kappa shape index (κ1) is 22.1. The van der Waals surface area contributed by atoms with Crippen LogP contribution in [-0.4, -0.2) is 39.6 Å². The van der Waals surface area contributed by atoms with Gasteiger partial charge in [-0.3, -0.25) is 0 Å². The SMILES string of the molecule is CCOc1cc(-c2nc(C)oc2C)ccc1Nc1ncc2cc(C)nc(N3CC(C)(C)C3)c2n1. The Morgan fingerprint density at radius 2 is 1.88 bits per heavy atom. The van der Waals surface area contributed by atoms with Crippen molar-refractivity contribution in [3.05, 3.63) is 47.8 Å². The standard InChI is InChI=1S/C26H30N6O2/c1-7-33-21-11-18(22-16(3)34-17(4)29-22)8-9-20(21)30-25-27-12-19-10-15(2)28-24(23(19)31-25)32-13-26(5,6)14-32/h8-12H,7,13-14H2,1-6H3,(H,27,30,31). The molecule has 1 N–H and O–H groups in total. The van der Waals surface area contributed by atoms with E-state index >= 15 is 0 Å². The number of nitrogens with one attached hydrogen (secondary N) is 1. The predicted octanol–water partition coefficient (Wildman–Crippen LogP) is 5.59. The van der Waals surface area contributed by atoms with Gasteiger partial charge < -0.3 is 19.4 Å². The number of benzene rings is 1. The molecule has 0 amide bonds. The highest BCUT2D eigenvalue weighted by molar-refractivity contribution is 5.90. The van der Waals surface area contributed by atoms with Gasteiger partial charge in [-0.1, -0.05) is 19.9 Å². The fourth-order valence-electron chi connectivity index (χ4n) is 4.54. The van der Waals surface area contributed by atoms with E-state index in [9.17, 15) is 0 Å². The Kier molecular flexibility index (Phi) is 5.38. The van der Waals surface area contributed by atoms with Crippen LogP contribution in [0.1, 0.15) is 38.1 Å². The van der Waals surface area contributed by atoms with E-state index < -0.39 is 0 Å². The lowest BCUT2D eigenvalue weighted by atomic mass is 9.84. The average molecular weight is 459 g/mol. The molecule has 1 aliphatic rings. The maximum atomic E-state index is 5.94. The number of aryl methyl sites for hydroxylation is 3. The molecule has 0 atom stereocenters. The first-order valence-corrected chi connectivity index (χ1v) is 11.6. The van der Waals surface area contributed by atoms with Crippen LogP contribution in [0.2, 0.25) is 0 Å². The van der Waals surface area contributed by atoms with Crippen molar-refractivity contribution in [2.45, 2.75) is 41.5 Å². The molecule has 34 heavy (non-hydrogen) atoms. The lowest BCUT2D eigenvalue weighted by molar-refractivity contribution is 0.275. The van der Waals surface area contributed by atoms with Gasteiger partial charge in [0.1, 0.15) is 22.7 Å². The van der Waals surface area contributed by atoms with E-state index in [1.54, 1.807) is 0 Å². The lowest BCUT2D eigenvalue weighted by Crippen LogP contribution is -2.53. The summed E-state index contributed by atoms with van der Waals surface area (Å²) in [4.78, 5) is 21.0. The normalized spacial score (nSPS) is 14.8. The summed E-state index contributed by atoms with van der Waals surface area (Å²) in [5.41, 5.74) is 4.64. The van der Waals surface area contributed by atoms with Crippen LogP contribution in [0.15, 0.2) is 34.9 Å². The molecule has 0 radical (unpaired) electrons. The molecule has 0 bridgehead atoms. The van der Waals surface area contributed by atoms with Crippen LogP contribution in [0.3, 0.4) is 0 Å². The van der Waals surface area contributed by atoms with E-state index in [2.05, 4.69) is 34.0 Å². The Labute approximate surface area is 199 Å². The summed E-state index contributed by atoms with van der Waals surface area (Å²) >= 11 is 0. The number of fused-ring (bicyclic) bond motifs is 1. The minimum atomic E-state index is 0.292. The zero-order valence-electron chi connectivity index (χ0n) is 20.6. The van der Waals surface area contributed by atoms with Gasteiger partial charge in [0.25, 0.3) is 0 Å². The van der Waals surface area contributed by atoms with Gasteiger partial charge in [-0.15, -0.1) is 0 Å². The van der Waals surface area contributed by atoms with Crippen LogP contribution < -0.4 is 15.0 Å². The van der Waals surface area contributed by atoms with Crippen LogP contribution in [-0.2, 0) is 0 Å². The molecule has 176 valence electrons. The lowest BCUT2D eigenvalue weighted by Gasteiger charge is -2.46. The quantitative estimate of drug-likeness (QED) is 0.400. The maximum absolute atomic E-state index is 5.94. The van der Waals surface area contributed by atoms with Crippen LogP contribution in [0.4, 0.5) is 17.5 Å². The number of rotatable bonds is 6. The minimum absolute atomic E-state index is 0.292. The summed E-state index contributed by atoms with van der Waals surface area (Å²) in [5.74, 6) is 3.54. The number of hydrogen-bond acceptors (Lipinski definition) is 8. The van der Waals surface area contributed by atoms with Gasteiger partial charge in [0, 0.05) is 42.9 Å². The fourth-order valence-corrected chi connectivity index (χ4v) is 4.54. The summed E-state index contributed by atoms with van der Waals surface area (Å²) in [6.07, 6.45) is 1.85. The highest BCUT2D eigenvalue weighted by atomic mass is 16.5. The first-order chi connectivity index (χ1) is 16.2. The molecule has 1 saturated heterocycles. The van der Waals surface area contributed by atoms with Crippen molar-refractivity contribution in [3.63, 3.8) is 0 Å². The number of nitrogens with zero attached hydrogens (tertiary/aromatic N) is 5. The number of oxazole rings is 1. The molecule has 0 spiro atoms. The second kappa shape index (κ2) is 8.27. The smallest absolute Gasteiger partial charge is 0.227 e. The topological polar surface area (TPSA) is 89.2 Å². The van der Waals surface area contributed by atoms with Crippen molar-refractivity contribution in [3.8, 4) is 17.0 Å². The first-order valence-electron chi connectivity index (χ1n) is 11.6. The molecule has 8 nitrogen and oxygen atoms in total. The minimum Gasteiger partial charge on any atom is -0.492 e. The van der Waals surface area contributed by atoms with E-state index in [-0.39, 0.29) is 0 Å². The molecule has 1 aromatic carbocycles. The largest absolute Gasteiger partial charge is 0.492 e. The number of ether oxygens (including phenoxy) is 1. The van der Waals surface area contributed by atoms with E-state index in [1.807, 2.05) is 58.2 Å².